The molecule has 1 atom stereocenters. The first-order valence-corrected chi connectivity index (χ1v) is 8.31. The molecular weight excluding hydrogens is 387 g/mol. The Balaban J connectivity index is 2.30. The summed E-state index contributed by atoms with van der Waals surface area (Å²) in [7, 11) is 0. The van der Waals surface area contributed by atoms with Gasteiger partial charge in [-0.2, -0.15) is 14.6 Å². The van der Waals surface area contributed by atoms with Gasteiger partial charge in [-0.05, 0) is 24.1 Å². The van der Waals surface area contributed by atoms with Crippen LogP contribution in [-0.2, 0) is 0 Å². The molecule has 0 aliphatic carbocycles. The summed E-state index contributed by atoms with van der Waals surface area (Å²) in [5.74, 6) is -4.75. The minimum atomic E-state index is -2.80. The van der Waals surface area contributed by atoms with Gasteiger partial charge in [0.25, 0.3) is 12.4 Å². The maximum Gasteiger partial charge on any atom is 0.352 e. The number of nitrogens with one attached hydrogen (secondary N) is 1. The second-order valence-corrected chi connectivity index (χ2v) is 6.11. The summed E-state index contributed by atoms with van der Waals surface area (Å²) in [4.78, 5) is 18.4. The zero-order valence-corrected chi connectivity index (χ0v) is 14.8. The molecule has 2 heterocycles. The molecule has 0 spiro atoms. The zero-order valence-electron chi connectivity index (χ0n) is 14.8. The molecule has 0 fully saturated rings. The molecule has 1 unspecified atom stereocenters. The summed E-state index contributed by atoms with van der Waals surface area (Å²) in [6, 6.07) is 1.01. The van der Waals surface area contributed by atoms with Gasteiger partial charge in [-0.25, -0.2) is 26.7 Å². The highest BCUT2D eigenvalue weighted by atomic mass is 19.3. The number of rotatable bonds is 6. The van der Waals surface area contributed by atoms with E-state index >= 15 is 0 Å². The van der Waals surface area contributed by atoms with Gasteiger partial charge in [0.05, 0.1) is 11.3 Å². The third-order valence-electron chi connectivity index (χ3n) is 4.20. The lowest BCUT2D eigenvalue weighted by atomic mass is 9.96. The normalized spacial score (nSPS) is 12.7. The van der Waals surface area contributed by atoms with Crippen molar-refractivity contribution >= 4 is 5.65 Å². The second kappa shape index (κ2) is 7.56. The Labute approximate surface area is 155 Å². The van der Waals surface area contributed by atoms with Gasteiger partial charge in [0, 0.05) is 5.92 Å². The maximum absolute atomic E-state index is 13.8. The third kappa shape index (κ3) is 3.56. The SMILES string of the molecule is CCC(C)c1nn2c(=O)[nH]c(OCC(F)F)nc2c1-c1cc(F)c(F)c(F)c1. The van der Waals surface area contributed by atoms with Crippen molar-refractivity contribution in [3.63, 3.8) is 0 Å². The molecule has 0 aliphatic rings. The fourth-order valence-electron chi connectivity index (χ4n) is 2.66. The van der Waals surface area contributed by atoms with Gasteiger partial charge < -0.3 is 4.74 Å². The monoisotopic (exact) mass is 402 g/mol. The topological polar surface area (TPSA) is 72.3 Å². The summed E-state index contributed by atoms with van der Waals surface area (Å²) in [5, 5.41) is 4.15. The van der Waals surface area contributed by atoms with Crippen LogP contribution in [0, 0.1) is 17.5 Å². The molecule has 6 nitrogen and oxygen atoms in total. The highest BCUT2D eigenvalue weighted by molar-refractivity contribution is 5.80. The van der Waals surface area contributed by atoms with E-state index in [1.165, 1.54) is 0 Å². The van der Waals surface area contributed by atoms with Crippen LogP contribution in [0.4, 0.5) is 22.0 Å². The van der Waals surface area contributed by atoms with E-state index in [4.69, 9.17) is 4.74 Å². The van der Waals surface area contributed by atoms with Gasteiger partial charge in [0.1, 0.15) is 0 Å². The Bertz CT molecular complexity index is 1060. The van der Waals surface area contributed by atoms with Crippen molar-refractivity contribution < 1.29 is 26.7 Å². The van der Waals surface area contributed by atoms with Gasteiger partial charge in [0.15, 0.2) is 29.7 Å². The van der Waals surface area contributed by atoms with Crippen LogP contribution in [0.25, 0.3) is 16.8 Å². The standard InChI is InChI=1S/C17H15F5N4O2/c1-3-7(2)14-12(8-4-9(18)13(22)10(19)5-8)15-23-16(28-6-11(20)21)24-17(27)26(15)25-14/h4-5,7,11H,3,6H2,1-2H3,(H,23,24,27). The lowest BCUT2D eigenvalue weighted by Crippen LogP contribution is -2.21. The number of hydrogen-bond donors (Lipinski definition) is 1. The number of nitrogens with zero attached hydrogens (tertiary/aromatic N) is 3. The highest BCUT2D eigenvalue weighted by Crippen LogP contribution is 2.34. The molecule has 0 aliphatic heterocycles. The Kier molecular flexibility index (Phi) is 5.34. The quantitative estimate of drug-likeness (QED) is 0.505. The van der Waals surface area contributed by atoms with Crippen LogP contribution < -0.4 is 10.4 Å². The van der Waals surface area contributed by atoms with Gasteiger partial charge in [-0.15, -0.1) is 0 Å². The van der Waals surface area contributed by atoms with Crippen molar-refractivity contribution in [2.75, 3.05) is 6.61 Å². The molecule has 0 amide bonds. The summed E-state index contributed by atoms with van der Waals surface area (Å²) < 4.78 is 71.3. The molecule has 0 bridgehead atoms. The minimum absolute atomic E-state index is 0.0835. The van der Waals surface area contributed by atoms with E-state index in [0.29, 0.717) is 6.42 Å². The van der Waals surface area contributed by atoms with Crippen LogP contribution in [0.3, 0.4) is 0 Å². The molecule has 11 heteroatoms. The Hall–Kier alpha value is -2.98. The van der Waals surface area contributed by atoms with Crippen LogP contribution in [0.1, 0.15) is 31.9 Å². The average Bonchev–Trinajstić information content (AvgIpc) is 3.03. The molecule has 28 heavy (non-hydrogen) atoms. The van der Waals surface area contributed by atoms with Crippen LogP contribution in [0.2, 0.25) is 0 Å². The van der Waals surface area contributed by atoms with Gasteiger partial charge in [-0.3, -0.25) is 4.98 Å². The predicted molar refractivity (Wildman–Crippen MR) is 89.1 cm³/mol. The smallest absolute Gasteiger partial charge is 0.352 e. The Morgan fingerprint density at radius 2 is 1.86 bits per heavy atom. The first-order valence-electron chi connectivity index (χ1n) is 8.31. The molecule has 1 aromatic carbocycles. The lowest BCUT2D eigenvalue weighted by molar-refractivity contribution is 0.0768. The Morgan fingerprint density at radius 1 is 1.21 bits per heavy atom. The summed E-state index contributed by atoms with van der Waals surface area (Å²) in [6.07, 6.45) is -2.24. The van der Waals surface area contributed by atoms with Crippen LogP contribution in [0.5, 0.6) is 6.01 Å². The van der Waals surface area contributed by atoms with Crippen LogP contribution in [-0.4, -0.2) is 32.6 Å². The first kappa shape index (κ1) is 19.8. The average molecular weight is 402 g/mol. The molecule has 0 radical (unpaired) electrons. The van der Waals surface area contributed by atoms with Crippen molar-refractivity contribution in [2.45, 2.75) is 32.6 Å². The largest absolute Gasteiger partial charge is 0.459 e. The highest BCUT2D eigenvalue weighted by Gasteiger charge is 2.24. The number of benzene rings is 1. The van der Waals surface area contributed by atoms with Crippen LogP contribution >= 0.6 is 0 Å². The fourth-order valence-corrected chi connectivity index (χ4v) is 2.66. The van der Waals surface area contributed by atoms with Crippen LogP contribution in [0.15, 0.2) is 16.9 Å². The maximum atomic E-state index is 13.8. The van der Waals surface area contributed by atoms with Gasteiger partial charge in [-0.1, -0.05) is 13.8 Å². The summed E-state index contributed by atoms with van der Waals surface area (Å²) in [6.45, 7) is 2.59. The summed E-state index contributed by atoms with van der Waals surface area (Å²) >= 11 is 0. The number of hydrogen-bond acceptors (Lipinski definition) is 4. The van der Waals surface area contributed by atoms with Crippen molar-refractivity contribution in [3.05, 3.63) is 45.8 Å². The number of H-pyrrole nitrogens is 1. The van der Waals surface area contributed by atoms with E-state index in [-0.39, 0.29) is 28.4 Å². The minimum Gasteiger partial charge on any atom is -0.459 e. The van der Waals surface area contributed by atoms with E-state index in [1.54, 1.807) is 6.92 Å². The van der Waals surface area contributed by atoms with E-state index in [0.717, 1.165) is 16.6 Å². The third-order valence-corrected chi connectivity index (χ3v) is 4.20. The van der Waals surface area contributed by atoms with Crippen molar-refractivity contribution in [1.29, 1.82) is 0 Å². The molecule has 1 N–H and O–H groups in total. The summed E-state index contributed by atoms with van der Waals surface area (Å²) in [5.41, 5.74) is -0.724. The fraction of sp³-hybridized carbons (Fsp3) is 0.353. The zero-order chi connectivity index (χ0) is 20.6. The lowest BCUT2D eigenvalue weighted by Gasteiger charge is -2.09. The van der Waals surface area contributed by atoms with Crippen molar-refractivity contribution in [1.82, 2.24) is 19.6 Å². The molecule has 3 rings (SSSR count). The van der Waals surface area contributed by atoms with Gasteiger partial charge >= 0.3 is 5.69 Å². The number of aromatic amines is 1. The Morgan fingerprint density at radius 3 is 2.43 bits per heavy atom. The second-order valence-electron chi connectivity index (χ2n) is 6.11. The molecule has 2 aromatic heterocycles. The molecule has 0 saturated carbocycles. The number of fused-ring (bicyclic) bond motifs is 1. The van der Waals surface area contributed by atoms with E-state index in [2.05, 4.69) is 15.1 Å². The van der Waals surface area contributed by atoms with E-state index in [1.807, 2.05) is 6.92 Å². The number of ether oxygens (including phenoxy) is 1. The molecule has 150 valence electrons. The first-order chi connectivity index (χ1) is 13.2. The van der Waals surface area contributed by atoms with Crippen molar-refractivity contribution in [3.8, 4) is 17.1 Å². The van der Waals surface area contributed by atoms with E-state index in [9.17, 15) is 26.7 Å². The predicted octanol–water partition coefficient (Wildman–Crippen LogP) is 3.66. The van der Waals surface area contributed by atoms with E-state index < -0.39 is 42.2 Å². The molecular formula is C17H15F5N4O2. The number of alkyl halides is 2. The molecule has 3 aromatic rings. The number of halogens is 5. The van der Waals surface area contributed by atoms with Crippen molar-refractivity contribution in [2.24, 2.45) is 0 Å². The number of aromatic nitrogens is 4. The molecule has 0 saturated heterocycles. The van der Waals surface area contributed by atoms with Gasteiger partial charge in [0.2, 0.25) is 0 Å².